The van der Waals surface area contributed by atoms with Crippen molar-refractivity contribution >= 4 is 17.6 Å². The summed E-state index contributed by atoms with van der Waals surface area (Å²) in [5.41, 5.74) is 0.0638. The normalized spacial score (nSPS) is 14.1. The van der Waals surface area contributed by atoms with Crippen molar-refractivity contribution in [2.24, 2.45) is 0 Å². The fraction of sp³-hybridized carbons (Fsp3) is 0.364. The van der Waals surface area contributed by atoms with E-state index in [9.17, 15) is 20.1 Å². The number of benzene rings is 1. The highest BCUT2D eigenvalue weighted by Crippen LogP contribution is 2.30. The molecule has 0 saturated carbocycles. The molecule has 0 heterocycles. The molecule has 3 N–H and O–H groups in total. The van der Waals surface area contributed by atoms with Crippen molar-refractivity contribution in [2.75, 3.05) is 7.11 Å². The van der Waals surface area contributed by atoms with Gasteiger partial charge in [-0.05, 0) is 18.2 Å². The minimum absolute atomic E-state index is 0.0638. The summed E-state index contributed by atoms with van der Waals surface area (Å²) in [5, 5.41) is 29.2. The van der Waals surface area contributed by atoms with E-state index in [4.69, 9.17) is 11.6 Å². The van der Waals surface area contributed by atoms with Gasteiger partial charge in [0.15, 0.2) is 0 Å². The molecular weight excluding hydrogens is 248 g/mol. The molecule has 5 nitrogen and oxygen atoms in total. The van der Waals surface area contributed by atoms with E-state index in [2.05, 4.69) is 4.74 Å². The molecule has 0 fully saturated rings. The SMILES string of the molecule is COC(=O)CC(O)C(O)c1cc(Cl)ccc1O. The van der Waals surface area contributed by atoms with Crippen LogP contribution in [0.3, 0.4) is 0 Å². The van der Waals surface area contributed by atoms with Gasteiger partial charge in [0.2, 0.25) is 0 Å². The van der Waals surface area contributed by atoms with E-state index in [1.54, 1.807) is 0 Å². The second kappa shape index (κ2) is 5.86. The number of phenolic OH excluding ortho intramolecular Hbond substituents is 1. The molecule has 1 aromatic rings. The molecule has 2 atom stereocenters. The fourth-order valence-electron chi connectivity index (χ4n) is 1.34. The second-order valence-corrected chi connectivity index (χ2v) is 3.93. The van der Waals surface area contributed by atoms with E-state index < -0.39 is 18.2 Å². The summed E-state index contributed by atoms with van der Waals surface area (Å²) in [4.78, 5) is 10.9. The molecule has 0 bridgehead atoms. The Balaban J connectivity index is 2.84. The maximum absolute atomic E-state index is 10.9. The third-order valence-corrected chi connectivity index (χ3v) is 2.51. The highest BCUT2D eigenvalue weighted by molar-refractivity contribution is 6.30. The van der Waals surface area contributed by atoms with E-state index in [1.165, 1.54) is 25.3 Å². The van der Waals surface area contributed by atoms with Crippen molar-refractivity contribution in [2.45, 2.75) is 18.6 Å². The monoisotopic (exact) mass is 260 g/mol. The van der Waals surface area contributed by atoms with Crippen LogP contribution >= 0.6 is 11.6 Å². The molecule has 2 unspecified atom stereocenters. The molecule has 0 radical (unpaired) electrons. The van der Waals surface area contributed by atoms with Crippen LogP contribution in [0.4, 0.5) is 0 Å². The average molecular weight is 261 g/mol. The number of aliphatic hydroxyl groups excluding tert-OH is 2. The number of hydrogen-bond donors (Lipinski definition) is 3. The Hall–Kier alpha value is -1.30. The third-order valence-electron chi connectivity index (χ3n) is 2.28. The van der Waals surface area contributed by atoms with Crippen molar-refractivity contribution < 1.29 is 24.9 Å². The standard InChI is InChI=1S/C11H13ClO5/c1-17-10(15)5-9(14)11(16)7-4-6(12)2-3-8(7)13/h2-4,9,11,13-14,16H,5H2,1H3. The van der Waals surface area contributed by atoms with Crippen LogP contribution in [0.2, 0.25) is 5.02 Å². The molecule has 0 aliphatic rings. The summed E-state index contributed by atoms with van der Waals surface area (Å²) in [5.74, 6) is -0.858. The molecule has 1 rings (SSSR count). The molecule has 0 aromatic heterocycles. The molecule has 6 heteroatoms. The Bertz CT molecular complexity index is 407. The lowest BCUT2D eigenvalue weighted by atomic mass is 10.0. The zero-order chi connectivity index (χ0) is 13.0. The number of halogens is 1. The van der Waals surface area contributed by atoms with Crippen molar-refractivity contribution in [3.05, 3.63) is 28.8 Å². The summed E-state index contributed by atoms with van der Waals surface area (Å²) in [6.45, 7) is 0. The number of phenols is 1. The largest absolute Gasteiger partial charge is 0.508 e. The Morgan fingerprint density at radius 2 is 2.12 bits per heavy atom. The fourth-order valence-corrected chi connectivity index (χ4v) is 1.52. The number of aromatic hydroxyl groups is 1. The van der Waals surface area contributed by atoms with Gasteiger partial charge in [0.05, 0.1) is 19.6 Å². The van der Waals surface area contributed by atoms with Crippen LogP contribution in [0, 0.1) is 0 Å². The van der Waals surface area contributed by atoms with Crippen molar-refractivity contribution in [3.63, 3.8) is 0 Å². The molecule has 0 aliphatic heterocycles. The number of rotatable bonds is 4. The van der Waals surface area contributed by atoms with Crippen LogP contribution in [0.15, 0.2) is 18.2 Å². The van der Waals surface area contributed by atoms with Crippen LogP contribution < -0.4 is 0 Å². The first-order chi connectivity index (χ1) is 7.95. The van der Waals surface area contributed by atoms with Crippen molar-refractivity contribution in [3.8, 4) is 5.75 Å². The molecule has 0 aliphatic carbocycles. The van der Waals surface area contributed by atoms with Crippen LogP contribution in [0.1, 0.15) is 18.1 Å². The number of ether oxygens (including phenoxy) is 1. The van der Waals surface area contributed by atoms with Gasteiger partial charge in [-0.2, -0.15) is 0 Å². The van der Waals surface area contributed by atoms with Gasteiger partial charge in [0, 0.05) is 10.6 Å². The van der Waals surface area contributed by atoms with Gasteiger partial charge >= 0.3 is 5.97 Å². The summed E-state index contributed by atoms with van der Waals surface area (Å²) in [6.07, 6.45) is -3.15. The Labute approximate surface area is 103 Å². The number of hydrogen-bond acceptors (Lipinski definition) is 5. The van der Waals surface area contributed by atoms with Gasteiger partial charge in [-0.3, -0.25) is 4.79 Å². The lowest BCUT2D eigenvalue weighted by Crippen LogP contribution is -2.22. The van der Waals surface area contributed by atoms with Gasteiger partial charge in [-0.1, -0.05) is 11.6 Å². The lowest BCUT2D eigenvalue weighted by Gasteiger charge is -2.18. The van der Waals surface area contributed by atoms with Gasteiger partial charge in [-0.25, -0.2) is 0 Å². The van der Waals surface area contributed by atoms with Crippen LogP contribution in [0.5, 0.6) is 5.75 Å². The summed E-state index contributed by atoms with van der Waals surface area (Å²) in [7, 11) is 1.18. The van der Waals surface area contributed by atoms with E-state index in [0.29, 0.717) is 5.02 Å². The minimum Gasteiger partial charge on any atom is -0.508 e. The zero-order valence-electron chi connectivity index (χ0n) is 9.13. The number of esters is 1. The Kier molecular flexibility index (Phi) is 4.74. The van der Waals surface area contributed by atoms with Crippen molar-refractivity contribution in [1.29, 1.82) is 0 Å². The average Bonchev–Trinajstić information content (AvgIpc) is 2.31. The molecule has 94 valence electrons. The quantitative estimate of drug-likeness (QED) is 0.703. The molecule has 0 spiro atoms. The molecule has 0 saturated heterocycles. The van der Waals surface area contributed by atoms with Gasteiger partial charge < -0.3 is 20.1 Å². The number of methoxy groups -OCH3 is 1. The molecular formula is C11H13ClO5. The van der Waals surface area contributed by atoms with E-state index in [1.807, 2.05) is 0 Å². The maximum Gasteiger partial charge on any atom is 0.308 e. The van der Waals surface area contributed by atoms with E-state index in [0.717, 1.165) is 0 Å². The first kappa shape index (κ1) is 13.8. The topological polar surface area (TPSA) is 87.0 Å². The van der Waals surface area contributed by atoms with Crippen LogP contribution in [0.25, 0.3) is 0 Å². The third kappa shape index (κ3) is 3.59. The van der Waals surface area contributed by atoms with Gasteiger partial charge in [-0.15, -0.1) is 0 Å². The molecule has 1 aromatic carbocycles. The first-order valence-corrected chi connectivity index (χ1v) is 5.25. The maximum atomic E-state index is 10.9. The number of aliphatic hydroxyl groups is 2. The van der Waals surface area contributed by atoms with E-state index >= 15 is 0 Å². The summed E-state index contributed by atoms with van der Waals surface area (Å²) in [6, 6.07) is 4.06. The molecule has 0 amide bonds. The predicted molar refractivity (Wildman–Crippen MR) is 60.7 cm³/mol. The highest BCUT2D eigenvalue weighted by Gasteiger charge is 2.24. The number of carbonyl (C=O) groups is 1. The minimum atomic E-state index is -1.41. The van der Waals surface area contributed by atoms with Crippen LogP contribution in [-0.4, -0.2) is 34.5 Å². The van der Waals surface area contributed by atoms with Crippen molar-refractivity contribution in [1.82, 2.24) is 0 Å². The smallest absolute Gasteiger partial charge is 0.308 e. The van der Waals surface area contributed by atoms with E-state index in [-0.39, 0.29) is 17.7 Å². The summed E-state index contributed by atoms with van der Waals surface area (Å²) < 4.78 is 4.36. The number of carbonyl (C=O) groups excluding carboxylic acids is 1. The predicted octanol–water partition coefficient (Wildman–Crippen LogP) is 1.00. The van der Waals surface area contributed by atoms with Gasteiger partial charge in [0.1, 0.15) is 11.9 Å². The molecule has 17 heavy (non-hydrogen) atoms. The van der Waals surface area contributed by atoms with Gasteiger partial charge in [0.25, 0.3) is 0 Å². The summed E-state index contributed by atoms with van der Waals surface area (Å²) >= 11 is 5.70. The second-order valence-electron chi connectivity index (χ2n) is 3.50. The first-order valence-electron chi connectivity index (χ1n) is 4.87. The lowest BCUT2D eigenvalue weighted by molar-refractivity contribution is -0.144. The Morgan fingerprint density at radius 3 is 2.71 bits per heavy atom. The van der Waals surface area contributed by atoms with Crippen LogP contribution in [-0.2, 0) is 9.53 Å². The zero-order valence-corrected chi connectivity index (χ0v) is 9.89. The Morgan fingerprint density at radius 1 is 1.47 bits per heavy atom. The highest BCUT2D eigenvalue weighted by atomic mass is 35.5.